The molecule has 2 rings (SSSR count). The van der Waals surface area contributed by atoms with Crippen molar-refractivity contribution in [2.45, 2.75) is 45.4 Å². The van der Waals surface area contributed by atoms with Gasteiger partial charge in [-0.25, -0.2) is 0 Å². The summed E-state index contributed by atoms with van der Waals surface area (Å²) in [4.78, 5) is 2.42. The molecule has 0 aromatic carbocycles. The van der Waals surface area contributed by atoms with E-state index in [2.05, 4.69) is 62.7 Å². The molecule has 3 heteroatoms. The highest BCUT2D eigenvalue weighted by molar-refractivity contribution is 5.08. The summed E-state index contributed by atoms with van der Waals surface area (Å²) in [6.07, 6.45) is 4.63. The quantitative estimate of drug-likeness (QED) is 0.817. The number of ether oxygens (including phenoxy) is 1. The summed E-state index contributed by atoms with van der Waals surface area (Å²) in [6.45, 7) is 7.61. The van der Waals surface area contributed by atoms with E-state index in [1.165, 1.54) is 5.69 Å². The highest BCUT2D eigenvalue weighted by atomic mass is 16.5. The molecule has 0 aliphatic carbocycles. The fraction of sp³-hybridized carbons (Fsp3) is 0.733. The van der Waals surface area contributed by atoms with Crippen LogP contribution in [0.25, 0.3) is 0 Å². The zero-order chi connectivity index (χ0) is 13.3. The molecule has 0 spiro atoms. The van der Waals surface area contributed by atoms with E-state index in [1.807, 2.05) is 0 Å². The maximum Gasteiger partial charge on any atom is 0.113 e. The van der Waals surface area contributed by atoms with Gasteiger partial charge in [0.1, 0.15) is 6.23 Å². The van der Waals surface area contributed by atoms with Crippen LogP contribution in [0.1, 0.15) is 32.9 Å². The second-order valence-electron chi connectivity index (χ2n) is 6.16. The first-order valence-electron chi connectivity index (χ1n) is 6.89. The maximum atomic E-state index is 5.96. The lowest BCUT2D eigenvalue weighted by molar-refractivity contribution is 0.00256. The first kappa shape index (κ1) is 13.6. The third-order valence-electron chi connectivity index (χ3n) is 4.34. The second kappa shape index (κ2) is 5.06. The molecule has 0 bridgehead atoms. The largest absolute Gasteiger partial charge is 0.361 e. The molecular formula is C15H26N2O. The summed E-state index contributed by atoms with van der Waals surface area (Å²) in [5, 5.41) is 0. The molecule has 0 radical (unpaired) electrons. The minimum absolute atomic E-state index is 0.166. The normalized spacial score (nSPS) is 29.3. The van der Waals surface area contributed by atoms with Crippen LogP contribution < -0.4 is 0 Å². The van der Waals surface area contributed by atoms with Crippen molar-refractivity contribution in [2.24, 2.45) is 13.0 Å². The molecule has 0 unspecified atom stereocenters. The number of aryl methyl sites for hydroxylation is 2. The van der Waals surface area contributed by atoms with Crippen molar-refractivity contribution in [3.63, 3.8) is 0 Å². The van der Waals surface area contributed by atoms with Crippen LogP contribution in [-0.2, 0) is 18.2 Å². The molecule has 1 aliphatic heterocycles. The molecule has 0 N–H and O–H groups in total. The van der Waals surface area contributed by atoms with Crippen molar-refractivity contribution >= 4 is 0 Å². The summed E-state index contributed by atoms with van der Waals surface area (Å²) in [5.41, 5.74) is 1.57. The fourth-order valence-electron chi connectivity index (χ4n) is 2.83. The van der Waals surface area contributed by atoms with Gasteiger partial charge in [-0.05, 0) is 44.9 Å². The van der Waals surface area contributed by atoms with Gasteiger partial charge >= 0.3 is 0 Å². The van der Waals surface area contributed by atoms with Gasteiger partial charge in [0.2, 0.25) is 0 Å². The minimum Gasteiger partial charge on any atom is -0.361 e. The first-order valence-corrected chi connectivity index (χ1v) is 6.89. The van der Waals surface area contributed by atoms with Crippen molar-refractivity contribution < 1.29 is 4.74 Å². The summed E-state index contributed by atoms with van der Waals surface area (Å²) in [7, 11) is 4.31. The molecule has 102 valence electrons. The average molecular weight is 250 g/mol. The van der Waals surface area contributed by atoms with E-state index >= 15 is 0 Å². The van der Waals surface area contributed by atoms with Gasteiger partial charge in [-0.15, -0.1) is 0 Å². The Labute approximate surface area is 111 Å². The van der Waals surface area contributed by atoms with E-state index < -0.39 is 0 Å². The topological polar surface area (TPSA) is 17.4 Å². The van der Waals surface area contributed by atoms with Gasteiger partial charge < -0.3 is 9.30 Å². The van der Waals surface area contributed by atoms with Gasteiger partial charge in [-0.3, -0.25) is 4.90 Å². The zero-order valence-electron chi connectivity index (χ0n) is 12.3. The summed E-state index contributed by atoms with van der Waals surface area (Å²) in [5.74, 6) is 0.548. The third-order valence-corrected chi connectivity index (χ3v) is 4.34. The molecule has 2 heterocycles. The van der Waals surface area contributed by atoms with Crippen LogP contribution in [0.3, 0.4) is 0 Å². The highest BCUT2D eigenvalue weighted by Gasteiger charge is 2.42. The molecule has 3 nitrogen and oxygen atoms in total. The number of nitrogens with zero attached hydrogens (tertiary/aromatic N) is 2. The minimum atomic E-state index is 0.166. The van der Waals surface area contributed by atoms with Crippen LogP contribution in [0.4, 0.5) is 0 Å². The van der Waals surface area contributed by atoms with Crippen molar-refractivity contribution in [1.29, 1.82) is 0 Å². The summed E-state index contributed by atoms with van der Waals surface area (Å²) < 4.78 is 8.17. The van der Waals surface area contributed by atoms with Crippen molar-refractivity contribution in [3.8, 4) is 0 Å². The van der Waals surface area contributed by atoms with Gasteiger partial charge in [0.05, 0.1) is 6.61 Å². The third kappa shape index (κ3) is 2.47. The Bertz CT molecular complexity index is 399. The van der Waals surface area contributed by atoms with E-state index in [1.54, 1.807) is 0 Å². The lowest BCUT2D eigenvalue weighted by Crippen LogP contribution is -2.45. The van der Waals surface area contributed by atoms with Crippen LogP contribution in [0.2, 0.25) is 0 Å². The van der Waals surface area contributed by atoms with Crippen molar-refractivity contribution in [2.75, 3.05) is 13.7 Å². The standard InChI is InChI=1S/C15H26N2O/c1-12(2)14-17(5)15(3,11-18-14)9-8-13-7-6-10-16(13)4/h6-7,10,12,14H,8-9,11H2,1-5H3/t14-,15-/m1/s1. The van der Waals surface area contributed by atoms with E-state index in [4.69, 9.17) is 4.74 Å². The van der Waals surface area contributed by atoms with Crippen LogP contribution in [-0.4, -0.2) is 34.9 Å². The van der Waals surface area contributed by atoms with Gasteiger partial charge in [0.25, 0.3) is 0 Å². The smallest absolute Gasteiger partial charge is 0.113 e. The molecule has 1 aromatic rings. The molecule has 2 atom stereocenters. The predicted octanol–water partition coefficient (Wildman–Crippen LogP) is 2.66. The van der Waals surface area contributed by atoms with E-state index in [9.17, 15) is 0 Å². The Morgan fingerprint density at radius 1 is 1.44 bits per heavy atom. The fourth-order valence-corrected chi connectivity index (χ4v) is 2.83. The number of rotatable bonds is 4. The van der Waals surface area contributed by atoms with Gasteiger partial charge in [-0.1, -0.05) is 13.8 Å². The molecule has 0 saturated carbocycles. The van der Waals surface area contributed by atoms with E-state index in [-0.39, 0.29) is 11.8 Å². The molecule has 1 aromatic heterocycles. The van der Waals surface area contributed by atoms with Crippen LogP contribution in [0.15, 0.2) is 18.3 Å². The monoisotopic (exact) mass is 250 g/mol. The predicted molar refractivity (Wildman–Crippen MR) is 74.5 cm³/mol. The van der Waals surface area contributed by atoms with Gasteiger partial charge in [-0.2, -0.15) is 0 Å². The highest BCUT2D eigenvalue weighted by Crippen LogP contribution is 2.32. The van der Waals surface area contributed by atoms with Crippen molar-refractivity contribution in [3.05, 3.63) is 24.0 Å². The summed E-state index contributed by atoms with van der Waals surface area (Å²) in [6, 6.07) is 4.32. The second-order valence-corrected chi connectivity index (χ2v) is 6.16. The van der Waals surface area contributed by atoms with E-state index in [0.29, 0.717) is 5.92 Å². The molecule has 18 heavy (non-hydrogen) atoms. The Kier molecular flexibility index (Phi) is 3.83. The number of hydrogen-bond donors (Lipinski definition) is 0. The Hall–Kier alpha value is -0.800. The first-order chi connectivity index (χ1) is 8.44. The molecular weight excluding hydrogens is 224 g/mol. The Morgan fingerprint density at radius 3 is 2.67 bits per heavy atom. The van der Waals surface area contributed by atoms with Crippen LogP contribution >= 0.6 is 0 Å². The molecule has 1 saturated heterocycles. The zero-order valence-corrected chi connectivity index (χ0v) is 12.3. The Balaban J connectivity index is 1.99. The molecule has 1 fully saturated rings. The number of likely N-dealkylation sites (N-methyl/N-ethyl adjacent to an activating group) is 1. The van der Waals surface area contributed by atoms with Crippen LogP contribution in [0, 0.1) is 5.92 Å². The average Bonchev–Trinajstić information content (AvgIpc) is 2.83. The number of hydrogen-bond acceptors (Lipinski definition) is 2. The van der Waals surface area contributed by atoms with E-state index in [0.717, 1.165) is 19.4 Å². The maximum absolute atomic E-state index is 5.96. The summed E-state index contributed by atoms with van der Waals surface area (Å²) >= 11 is 0. The van der Waals surface area contributed by atoms with Gasteiger partial charge in [0.15, 0.2) is 0 Å². The van der Waals surface area contributed by atoms with Gasteiger partial charge in [0, 0.05) is 24.5 Å². The molecule has 0 amide bonds. The van der Waals surface area contributed by atoms with Crippen LogP contribution in [0.5, 0.6) is 0 Å². The number of aromatic nitrogens is 1. The lowest BCUT2D eigenvalue weighted by atomic mass is 9.94. The van der Waals surface area contributed by atoms with Crippen molar-refractivity contribution in [1.82, 2.24) is 9.47 Å². The lowest BCUT2D eigenvalue weighted by Gasteiger charge is -2.34. The SMILES string of the molecule is CC(C)[C@H]1OC[C@@](C)(CCc2cccn2C)N1C. The Morgan fingerprint density at radius 2 is 2.17 bits per heavy atom. The molecule has 1 aliphatic rings.